The van der Waals surface area contributed by atoms with Gasteiger partial charge in [0.2, 0.25) is 0 Å². The van der Waals surface area contributed by atoms with Gasteiger partial charge in [-0.25, -0.2) is 4.68 Å². The number of carbonyl (C=O) groups is 1. The van der Waals surface area contributed by atoms with Crippen molar-refractivity contribution in [1.82, 2.24) is 14.7 Å². The van der Waals surface area contributed by atoms with Gasteiger partial charge in [0.25, 0.3) is 11.5 Å². The van der Waals surface area contributed by atoms with E-state index in [1.165, 1.54) is 10.4 Å². The highest BCUT2D eigenvalue weighted by Crippen LogP contribution is 2.25. The summed E-state index contributed by atoms with van der Waals surface area (Å²) in [5.41, 5.74) is 3.14. The molecule has 0 spiro atoms. The highest BCUT2D eigenvalue weighted by atomic mass is 16.2. The molecule has 3 aromatic rings. The van der Waals surface area contributed by atoms with Crippen molar-refractivity contribution in [2.75, 3.05) is 43.4 Å². The Morgan fingerprint density at radius 2 is 1.75 bits per heavy atom. The number of benzene rings is 2. The minimum absolute atomic E-state index is 0.168. The summed E-state index contributed by atoms with van der Waals surface area (Å²) >= 11 is 0. The Balaban J connectivity index is 1.62. The predicted molar refractivity (Wildman–Crippen MR) is 130 cm³/mol. The molecule has 7 nitrogen and oxygen atoms in total. The molecule has 32 heavy (non-hydrogen) atoms. The van der Waals surface area contributed by atoms with Crippen molar-refractivity contribution in [3.8, 4) is 0 Å². The van der Waals surface area contributed by atoms with E-state index >= 15 is 0 Å². The van der Waals surface area contributed by atoms with Crippen LogP contribution in [0.25, 0.3) is 10.8 Å². The predicted octanol–water partition coefficient (Wildman–Crippen LogP) is 3.37. The van der Waals surface area contributed by atoms with Gasteiger partial charge in [0, 0.05) is 49.5 Å². The van der Waals surface area contributed by atoms with Gasteiger partial charge in [0.15, 0.2) is 5.69 Å². The Hall–Kier alpha value is -3.19. The standard InChI is InChI=1S/C25H31N5O2/c1-17(2)16-30-25(32)21-8-6-5-7-20(21)23(27-30)24(31)26-19-9-10-22(18(3)15-19)29-13-11-28(4)12-14-29/h5-10,15,17H,11-14,16H2,1-4H3,(H,26,31). The fourth-order valence-corrected chi connectivity index (χ4v) is 4.20. The molecule has 1 aliphatic rings. The Bertz CT molecular complexity index is 1190. The average molecular weight is 434 g/mol. The summed E-state index contributed by atoms with van der Waals surface area (Å²) in [4.78, 5) is 30.7. The first-order valence-corrected chi connectivity index (χ1v) is 11.2. The molecule has 1 aromatic heterocycles. The molecular weight excluding hydrogens is 402 g/mol. The van der Waals surface area contributed by atoms with E-state index in [0.717, 1.165) is 37.4 Å². The van der Waals surface area contributed by atoms with E-state index in [1.807, 2.05) is 38.1 Å². The molecule has 0 unspecified atom stereocenters. The van der Waals surface area contributed by atoms with Crippen molar-refractivity contribution in [3.63, 3.8) is 0 Å². The highest BCUT2D eigenvalue weighted by molar-refractivity contribution is 6.11. The Labute approximate surface area is 188 Å². The number of aromatic nitrogens is 2. The number of likely N-dealkylation sites (N-methyl/N-ethyl adjacent to an activating group) is 1. The van der Waals surface area contributed by atoms with Crippen molar-refractivity contribution in [2.24, 2.45) is 5.92 Å². The first kappa shape index (κ1) is 22.0. The molecule has 2 heterocycles. The number of rotatable bonds is 5. The van der Waals surface area contributed by atoms with Crippen LogP contribution < -0.4 is 15.8 Å². The average Bonchev–Trinajstić information content (AvgIpc) is 2.76. The first-order chi connectivity index (χ1) is 15.3. The molecule has 0 aliphatic carbocycles. The number of anilines is 2. The summed E-state index contributed by atoms with van der Waals surface area (Å²) in [6.07, 6.45) is 0. The molecule has 0 bridgehead atoms. The van der Waals surface area contributed by atoms with Gasteiger partial charge in [-0.2, -0.15) is 5.10 Å². The number of amides is 1. The zero-order valence-electron chi connectivity index (χ0n) is 19.3. The van der Waals surface area contributed by atoms with Gasteiger partial charge in [0.05, 0.1) is 5.39 Å². The van der Waals surface area contributed by atoms with Gasteiger partial charge in [-0.05, 0) is 49.7 Å². The number of aryl methyl sites for hydroxylation is 1. The van der Waals surface area contributed by atoms with Crippen LogP contribution in [0, 0.1) is 12.8 Å². The molecule has 0 radical (unpaired) electrons. The van der Waals surface area contributed by atoms with E-state index < -0.39 is 0 Å². The van der Waals surface area contributed by atoms with Crippen molar-refractivity contribution < 1.29 is 4.79 Å². The largest absolute Gasteiger partial charge is 0.369 e. The van der Waals surface area contributed by atoms with Crippen LogP contribution in [0.15, 0.2) is 47.3 Å². The van der Waals surface area contributed by atoms with E-state index in [2.05, 4.69) is 40.3 Å². The van der Waals surface area contributed by atoms with Crippen molar-refractivity contribution in [2.45, 2.75) is 27.3 Å². The molecule has 1 aliphatic heterocycles. The third kappa shape index (κ3) is 4.53. The van der Waals surface area contributed by atoms with Gasteiger partial charge in [0.1, 0.15) is 0 Å². The number of nitrogens with one attached hydrogen (secondary N) is 1. The summed E-state index contributed by atoms with van der Waals surface area (Å²) in [6, 6.07) is 13.2. The Morgan fingerprint density at radius 3 is 2.41 bits per heavy atom. The minimum atomic E-state index is -0.314. The number of carbonyl (C=O) groups excluding carboxylic acids is 1. The normalized spacial score (nSPS) is 14.8. The van der Waals surface area contributed by atoms with Gasteiger partial charge in [-0.15, -0.1) is 0 Å². The molecule has 168 valence electrons. The molecular formula is C25H31N5O2. The molecule has 1 N–H and O–H groups in total. The monoisotopic (exact) mass is 433 g/mol. The summed E-state index contributed by atoms with van der Waals surface area (Å²) in [7, 11) is 2.14. The molecule has 0 atom stereocenters. The van der Waals surface area contributed by atoms with E-state index in [1.54, 1.807) is 12.1 Å². The fraction of sp³-hybridized carbons (Fsp3) is 0.400. The van der Waals surface area contributed by atoms with Crippen molar-refractivity contribution in [1.29, 1.82) is 0 Å². The smallest absolute Gasteiger partial charge is 0.276 e. The van der Waals surface area contributed by atoms with Crippen LogP contribution in [0.4, 0.5) is 11.4 Å². The molecule has 2 aromatic carbocycles. The van der Waals surface area contributed by atoms with Crippen LogP contribution in [0.2, 0.25) is 0 Å². The zero-order chi connectivity index (χ0) is 22.8. The number of hydrogen-bond donors (Lipinski definition) is 1. The highest BCUT2D eigenvalue weighted by Gasteiger charge is 2.19. The van der Waals surface area contributed by atoms with Crippen LogP contribution >= 0.6 is 0 Å². The third-order valence-electron chi connectivity index (χ3n) is 5.92. The number of nitrogens with zero attached hydrogens (tertiary/aromatic N) is 4. The van der Waals surface area contributed by atoms with Crippen LogP contribution in [0.1, 0.15) is 29.9 Å². The van der Waals surface area contributed by atoms with Gasteiger partial charge in [-0.1, -0.05) is 32.0 Å². The SMILES string of the molecule is Cc1cc(NC(=O)c2nn(CC(C)C)c(=O)c3ccccc23)ccc1N1CCN(C)CC1. The molecule has 0 saturated carbocycles. The third-order valence-corrected chi connectivity index (χ3v) is 5.92. The second kappa shape index (κ2) is 9.12. The summed E-state index contributed by atoms with van der Waals surface area (Å²) in [5, 5.41) is 8.50. The lowest BCUT2D eigenvalue weighted by Gasteiger charge is -2.35. The van der Waals surface area contributed by atoms with Crippen LogP contribution in [0.3, 0.4) is 0 Å². The fourth-order valence-electron chi connectivity index (χ4n) is 4.20. The zero-order valence-corrected chi connectivity index (χ0v) is 19.3. The summed E-state index contributed by atoms with van der Waals surface area (Å²) in [5.74, 6) is -0.0764. The molecule has 4 rings (SSSR count). The van der Waals surface area contributed by atoms with Crippen LogP contribution in [0.5, 0.6) is 0 Å². The van der Waals surface area contributed by atoms with Crippen LogP contribution in [-0.2, 0) is 6.54 Å². The Morgan fingerprint density at radius 1 is 1.06 bits per heavy atom. The van der Waals surface area contributed by atoms with Crippen molar-refractivity contribution in [3.05, 3.63) is 64.1 Å². The topological polar surface area (TPSA) is 70.5 Å². The van der Waals surface area contributed by atoms with Gasteiger partial charge in [-0.3, -0.25) is 9.59 Å². The number of hydrogen-bond acceptors (Lipinski definition) is 5. The van der Waals surface area contributed by atoms with E-state index in [0.29, 0.717) is 17.3 Å². The maximum absolute atomic E-state index is 13.2. The maximum atomic E-state index is 13.2. The van der Waals surface area contributed by atoms with Crippen LogP contribution in [-0.4, -0.2) is 53.8 Å². The maximum Gasteiger partial charge on any atom is 0.276 e. The lowest BCUT2D eigenvalue weighted by Crippen LogP contribution is -2.44. The molecule has 1 fully saturated rings. The Kier molecular flexibility index (Phi) is 6.28. The summed E-state index contributed by atoms with van der Waals surface area (Å²) < 4.78 is 1.41. The quantitative estimate of drug-likeness (QED) is 0.668. The minimum Gasteiger partial charge on any atom is -0.369 e. The van der Waals surface area contributed by atoms with E-state index in [-0.39, 0.29) is 23.1 Å². The summed E-state index contributed by atoms with van der Waals surface area (Å²) in [6.45, 7) is 10.7. The van der Waals surface area contributed by atoms with Gasteiger partial charge >= 0.3 is 0 Å². The van der Waals surface area contributed by atoms with E-state index in [9.17, 15) is 9.59 Å². The lowest BCUT2D eigenvalue weighted by atomic mass is 10.1. The number of piperazine rings is 1. The molecule has 1 saturated heterocycles. The second-order valence-corrected chi connectivity index (χ2v) is 9.02. The molecule has 1 amide bonds. The molecule has 7 heteroatoms. The second-order valence-electron chi connectivity index (χ2n) is 9.02. The lowest BCUT2D eigenvalue weighted by molar-refractivity contribution is 0.102. The first-order valence-electron chi connectivity index (χ1n) is 11.2. The van der Waals surface area contributed by atoms with Gasteiger partial charge < -0.3 is 15.1 Å². The van der Waals surface area contributed by atoms with Crippen molar-refractivity contribution >= 4 is 28.1 Å². The number of fused-ring (bicyclic) bond motifs is 1. The van der Waals surface area contributed by atoms with E-state index in [4.69, 9.17) is 0 Å².